The van der Waals surface area contributed by atoms with Crippen molar-refractivity contribution >= 4 is 57.7 Å². The number of alkyl halides is 3. The Bertz CT molecular complexity index is 1070. The number of nitrogens with zero attached hydrogens (tertiary/aromatic N) is 4. The molecule has 0 saturated heterocycles. The molecule has 3 aromatic rings. The van der Waals surface area contributed by atoms with Crippen molar-refractivity contribution in [2.45, 2.75) is 11.3 Å². The van der Waals surface area contributed by atoms with Crippen molar-refractivity contribution in [2.75, 3.05) is 5.75 Å². The van der Waals surface area contributed by atoms with Gasteiger partial charge in [0.1, 0.15) is 0 Å². The minimum Gasteiger partial charge on any atom is -0.187 e. The molecule has 11 heteroatoms. The first-order valence-corrected chi connectivity index (χ1v) is 9.36. The Labute approximate surface area is 182 Å². The zero-order valence-electron chi connectivity index (χ0n) is 13.7. The molecule has 0 fully saturated rings. The van der Waals surface area contributed by atoms with Crippen molar-refractivity contribution in [2.24, 2.45) is 5.10 Å². The average Bonchev–Trinajstić information content (AvgIpc) is 3.06. The van der Waals surface area contributed by atoms with Gasteiger partial charge in [-0.3, -0.25) is 0 Å². The molecule has 0 spiro atoms. The fourth-order valence-corrected chi connectivity index (χ4v) is 3.70. The fraction of sp³-hybridized carbons (Fsp3) is 0.118. The number of hydrogen-bond acceptors (Lipinski definition) is 4. The Morgan fingerprint density at radius 1 is 0.964 bits per heavy atom. The second-order valence-corrected chi connectivity index (χ2v) is 7.42. The molecule has 0 aliphatic carbocycles. The number of hydrogen-bond donors (Lipinski definition) is 0. The SMILES string of the molecule is Br.FC(F)(F)c1cccc(C2=Nn3c(nnc3-c3ccc(Cl)c(Cl)c3)SC2)c1. The summed E-state index contributed by atoms with van der Waals surface area (Å²) < 4.78 is 40.5. The highest BCUT2D eigenvalue weighted by molar-refractivity contribution is 8.93. The van der Waals surface area contributed by atoms with Crippen molar-refractivity contribution in [3.05, 3.63) is 63.6 Å². The van der Waals surface area contributed by atoms with E-state index in [4.69, 9.17) is 23.2 Å². The number of benzene rings is 2. The second-order valence-electron chi connectivity index (χ2n) is 5.66. The molecular weight excluding hydrogens is 500 g/mol. The van der Waals surface area contributed by atoms with E-state index < -0.39 is 11.7 Å². The van der Waals surface area contributed by atoms with E-state index in [0.29, 0.717) is 43.6 Å². The smallest absolute Gasteiger partial charge is 0.187 e. The molecular formula is C17H10BrCl2F3N4S. The van der Waals surface area contributed by atoms with Crippen LogP contribution in [0.1, 0.15) is 11.1 Å². The zero-order valence-corrected chi connectivity index (χ0v) is 17.8. The highest BCUT2D eigenvalue weighted by Gasteiger charge is 2.31. The second kappa shape index (κ2) is 8.06. The number of halogens is 6. The Balaban J connectivity index is 0.00000225. The Hall–Kier alpha value is -1.55. The Morgan fingerprint density at radius 2 is 1.75 bits per heavy atom. The van der Waals surface area contributed by atoms with Crippen LogP contribution in [0.5, 0.6) is 0 Å². The van der Waals surface area contributed by atoms with Crippen molar-refractivity contribution < 1.29 is 13.2 Å². The molecule has 0 bridgehead atoms. The van der Waals surface area contributed by atoms with Crippen molar-refractivity contribution in [1.82, 2.24) is 14.9 Å². The third-order valence-electron chi connectivity index (χ3n) is 3.87. The van der Waals surface area contributed by atoms with Gasteiger partial charge in [0.2, 0.25) is 5.16 Å². The summed E-state index contributed by atoms with van der Waals surface area (Å²) in [7, 11) is 0. The van der Waals surface area contributed by atoms with Gasteiger partial charge in [0.05, 0.1) is 21.3 Å². The van der Waals surface area contributed by atoms with Crippen LogP contribution < -0.4 is 0 Å². The number of rotatable bonds is 2. The van der Waals surface area contributed by atoms with E-state index >= 15 is 0 Å². The van der Waals surface area contributed by atoms with Crippen LogP contribution >= 0.6 is 51.9 Å². The van der Waals surface area contributed by atoms with E-state index in [2.05, 4.69) is 15.3 Å². The molecule has 1 aromatic heterocycles. The molecule has 4 nitrogen and oxygen atoms in total. The normalized spacial score (nSPS) is 13.5. The summed E-state index contributed by atoms with van der Waals surface area (Å²) in [6, 6.07) is 10.1. The van der Waals surface area contributed by atoms with Gasteiger partial charge in [-0.25, -0.2) is 0 Å². The molecule has 0 radical (unpaired) electrons. The topological polar surface area (TPSA) is 43.1 Å². The molecule has 0 N–H and O–H groups in total. The summed E-state index contributed by atoms with van der Waals surface area (Å²) in [5, 5.41) is 14.0. The third kappa shape index (κ3) is 4.07. The summed E-state index contributed by atoms with van der Waals surface area (Å²) in [5.74, 6) is 0.820. The number of thioether (sulfide) groups is 1. The first-order chi connectivity index (χ1) is 12.8. The van der Waals surface area contributed by atoms with Gasteiger partial charge in [0.25, 0.3) is 0 Å². The highest BCUT2D eigenvalue weighted by Crippen LogP contribution is 2.33. The Kier molecular flexibility index (Phi) is 6.09. The molecule has 0 unspecified atom stereocenters. The predicted molar refractivity (Wildman–Crippen MR) is 110 cm³/mol. The predicted octanol–water partition coefficient (Wildman–Crippen LogP) is 6.21. The molecule has 2 heterocycles. The Morgan fingerprint density at radius 3 is 2.46 bits per heavy atom. The van der Waals surface area contributed by atoms with Crippen LogP contribution in [0.4, 0.5) is 13.2 Å². The molecule has 2 aromatic carbocycles. The van der Waals surface area contributed by atoms with Crippen LogP contribution in [0.3, 0.4) is 0 Å². The van der Waals surface area contributed by atoms with Gasteiger partial charge in [-0.05, 0) is 35.9 Å². The summed E-state index contributed by atoms with van der Waals surface area (Å²) in [6.07, 6.45) is -4.41. The lowest BCUT2D eigenvalue weighted by Gasteiger charge is -2.15. The minimum atomic E-state index is -4.41. The van der Waals surface area contributed by atoms with Crippen LogP contribution in [0.2, 0.25) is 10.0 Å². The minimum absolute atomic E-state index is 0. The summed E-state index contributed by atoms with van der Waals surface area (Å²) in [4.78, 5) is 0. The van der Waals surface area contributed by atoms with Gasteiger partial charge in [-0.2, -0.15) is 22.9 Å². The third-order valence-corrected chi connectivity index (χ3v) is 5.54. The first-order valence-electron chi connectivity index (χ1n) is 7.62. The maximum Gasteiger partial charge on any atom is 0.416 e. The molecule has 1 aliphatic heterocycles. The largest absolute Gasteiger partial charge is 0.416 e. The van der Waals surface area contributed by atoms with E-state index in [1.165, 1.54) is 22.5 Å². The highest BCUT2D eigenvalue weighted by atomic mass is 79.9. The van der Waals surface area contributed by atoms with E-state index in [-0.39, 0.29) is 17.0 Å². The lowest BCUT2D eigenvalue weighted by Crippen LogP contribution is -2.15. The van der Waals surface area contributed by atoms with Crippen LogP contribution in [0.15, 0.2) is 52.7 Å². The van der Waals surface area contributed by atoms with Gasteiger partial charge < -0.3 is 0 Å². The molecule has 146 valence electrons. The first kappa shape index (κ1) is 21.2. The van der Waals surface area contributed by atoms with E-state index in [0.717, 1.165) is 12.1 Å². The molecule has 0 amide bonds. The van der Waals surface area contributed by atoms with E-state index in [1.54, 1.807) is 24.3 Å². The fourth-order valence-electron chi connectivity index (χ4n) is 2.56. The van der Waals surface area contributed by atoms with Crippen LogP contribution in [-0.2, 0) is 6.18 Å². The maximum atomic E-state index is 13.0. The van der Waals surface area contributed by atoms with Crippen molar-refractivity contribution in [1.29, 1.82) is 0 Å². The molecule has 4 rings (SSSR count). The lowest BCUT2D eigenvalue weighted by molar-refractivity contribution is -0.137. The molecule has 0 atom stereocenters. The van der Waals surface area contributed by atoms with Gasteiger partial charge in [0.15, 0.2) is 5.82 Å². The zero-order chi connectivity index (χ0) is 19.2. The van der Waals surface area contributed by atoms with Gasteiger partial charge >= 0.3 is 6.18 Å². The van der Waals surface area contributed by atoms with Crippen LogP contribution in [0.25, 0.3) is 11.4 Å². The van der Waals surface area contributed by atoms with Crippen LogP contribution in [0, 0.1) is 0 Å². The standard InChI is InChI=1S/C17H9Cl2F3N4S.BrH/c18-12-5-4-10(7-13(12)19)15-23-24-16-26(15)25-14(8-27-16)9-2-1-3-11(6-9)17(20,21)22;/h1-7H,8H2;1H. The van der Waals surface area contributed by atoms with Crippen LogP contribution in [-0.4, -0.2) is 26.3 Å². The summed E-state index contributed by atoms with van der Waals surface area (Å²) >= 11 is 13.3. The molecule has 1 aliphatic rings. The lowest BCUT2D eigenvalue weighted by atomic mass is 10.1. The summed E-state index contributed by atoms with van der Waals surface area (Å²) in [5.41, 5.74) is 0.834. The van der Waals surface area contributed by atoms with E-state index in [9.17, 15) is 13.2 Å². The number of aromatic nitrogens is 3. The maximum absolute atomic E-state index is 13.0. The van der Waals surface area contributed by atoms with Gasteiger partial charge in [-0.15, -0.1) is 27.2 Å². The monoisotopic (exact) mass is 508 g/mol. The summed E-state index contributed by atoms with van der Waals surface area (Å²) in [6.45, 7) is 0. The number of fused-ring (bicyclic) bond motifs is 1. The average molecular weight is 510 g/mol. The molecule has 28 heavy (non-hydrogen) atoms. The van der Waals surface area contributed by atoms with Crippen molar-refractivity contribution in [3.63, 3.8) is 0 Å². The quantitative estimate of drug-likeness (QED) is 0.412. The van der Waals surface area contributed by atoms with Gasteiger partial charge in [-0.1, -0.05) is 47.1 Å². The van der Waals surface area contributed by atoms with E-state index in [1.807, 2.05) is 0 Å². The van der Waals surface area contributed by atoms with Crippen molar-refractivity contribution in [3.8, 4) is 11.4 Å². The molecule has 0 saturated carbocycles. The van der Waals surface area contributed by atoms with Gasteiger partial charge in [0, 0.05) is 11.3 Å².